The molecular weight excluding hydrogens is 190 g/mol. The van der Waals surface area contributed by atoms with Crippen LogP contribution in [0.2, 0.25) is 0 Å². The third-order valence-corrected chi connectivity index (χ3v) is 3.31. The largest absolute Gasteiger partial charge is 0.374 e. The number of carbonyl (C=O) groups excluding carboxylic acids is 1. The van der Waals surface area contributed by atoms with E-state index in [0.717, 1.165) is 13.0 Å². The Morgan fingerprint density at radius 1 is 1.77 bits per heavy atom. The highest BCUT2D eigenvalue weighted by Crippen LogP contribution is 2.29. The lowest BCUT2D eigenvalue weighted by atomic mass is 10.2. The van der Waals surface area contributed by atoms with E-state index in [4.69, 9.17) is 16.3 Å². The van der Waals surface area contributed by atoms with Crippen molar-refractivity contribution in [1.29, 1.82) is 0 Å². The molecule has 0 aromatic rings. The highest BCUT2D eigenvalue weighted by molar-refractivity contribution is 6.30. The van der Waals surface area contributed by atoms with Gasteiger partial charge in [0.1, 0.15) is 5.38 Å². The summed E-state index contributed by atoms with van der Waals surface area (Å²) in [5.41, 5.74) is 0. The smallest absolute Gasteiger partial charge is 0.241 e. The number of hydrogen-bond acceptors (Lipinski definition) is 2. The zero-order valence-corrected chi connectivity index (χ0v) is 8.46. The van der Waals surface area contributed by atoms with Crippen molar-refractivity contribution in [3.63, 3.8) is 0 Å². The van der Waals surface area contributed by atoms with E-state index in [-0.39, 0.29) is 17.4 Å². The first kappa shape index (κ1) is 9.28. The molecule has 0 N–H and O–H groups in total. The molecule has 1 amide bonds. The molecule has 0 aromatic carbocycles. The third kappa shape index (κ3) is 1.55. The second-order valence-electron chi connectivity index (χ2n) is 3.71. The van der Waals surface area contributed by atoms with Gasteiger partial charge in [0.25, 0.3) is 0 Å². The fourth-order valence-electron chi connectivity index (χ4n) is 2.02. The summed E-state index contributed by atoms with van der Waals surface area (Å²) in [5.74, 6) is 0.0833. The fraction of sp³-hybridized carbons (Fsp3) is 0.889. The van der Waals surface area contributed by atoms with Crippen LogP contribution in [0.1, 0.15) is 19.8 Å². The molecule has 0 aliphatic carbocycles. The number of halogens is 1. The van der Waals surface area contributed by atoms with Gasteiger partial charge in [0.2, 0.25) is 5.91 Å². The molecule has 2 fully saturated rings. The molecule has 4 heteroatoms. The van der Waals surface area contributed by atoms with E-state index in [0.29, 0.717) is 19.1 Å². The number of ether oxygens (including phenoxy) is 1. The van der Waals surface area contributed by atoms with Gasteiger partial charge < -0.3 is 9.64 Å². The maximum absolute atomic E-state index is 11.7. The van der Waals surface area contributed by atoms with Crippen LogP contribution >= 0.6 is 11.6 Å². The van der Waals surface area contributed by atoms with Gasteiger partial charge >= 0.3 is 0 Å². The molecule has 0 radical (unpaired) electrons. The summed E-state index contributed by atoms with van der Waals surface area (Å²) in [6, 6.07) is 0.297. The molecule has 0 spiro atoms. The van der Waals surface area contributed by atoms with Crippen molar-refractivity contribution in [2.75, 3.05) is 13.2 Å². The number of morpholine rings is 1. The van der Waals surface area contributed by atoms with Crippen molar-refractivity contribution in [3.05, 3.63) is 0 Å². The number of hydrogen-bond donors (Lipinski definition) is 0. The number of nitrogens with zero attached hydrogens (tertiary/aromatic N) is 1. The Kier molecular flexibility index (Phi) is 2.47. The number of rotatable bonds is 2. The number of alkyl halides is 1. The summed E-state index contributed by atoms with van der Waals surface area (Å²) in [7, 11) is 0. The molecule has 2 heterocycles. The van der Waals surface area contributed by atoms with Gasteiger partial charge in [-0.15, -0.1) is 11.6 Å². The molecule has 2 aliphatic rings. The van der Waals surface area contributed by atoms with Crippen LogP contribution in [0, 0.1) is 0 Å². The Morgan fingerprint density at radius 2 is 2.54 bits per heavy atom. The van der Waals surface area contributed by atoms with Crippen molar-refractivity contribution in [2.24, 2.45) is 0 Å². The van der Waals surface area contributed by atoms with Crippen LogP contribution in [-0.2, 0) is 9.53 Å². The number of carbonyl (C=O) groups is 1. The first-order valence-corrected chi connectivity index (χ1v) is 5.22. The molecule has 2 aliphatic heterocycles. The van der Waals surface area contributed by atoms with E-state index in [9.17, 15) is 4.79 Å². The standard InChI is InChI=1S/C9H14ClNO2/c1-2-8(10)9(12)11-4-7-3-6(11)5-13-7/h6-8H,2-5H2,1H3. The quantitative estimate of drug-likeness (QED) is 0.627. The van der Waals surface area contributed by atoms with Gasteiger partial charge in [-0.2, -0.15) is 0 Å². The summed E-state index contributed by atoms with van der Waals surface area (Å²) >= 11 is 5.90. The minimum atomic E-state index is -0.348. The number of amides is 1. The van der Waals surface area contributed by atoms with Crippen molar-refractivity contribution < 1.29 is 9.53 Å². The Hall–Kier alpha value is -0.280. The summed E-state index contributed by atoms with van der Waals surface area (Å²) in [6.45, 7) is 3.37. The number of likely N-dealkylation sites (tertiary alicyclic amines) is 1. The fourth-order valence-corrected chi connectivity index (χ4v) is 2.15. The van der Waals surface area contributed by atoms with E-state index < -0.39 is 0 Å². The first-order valence-electron chi connectivity index (χ1n) is 4.78. The minimum absolute atomic E-state index is 0.0833. The zero-order chi connectivity index (χ0) is 9.42. The lowest BCUT2D eigenvalue weighted by Crippen LogP contribution is -2.44. The first-order chi connectivity index (χ1) is 6.22. The third-order valence-electron chi connectivity index (χ3n) is 2.81. The molecular formula is C9H14ClNO2. The molecule has 3 atom stereocenters. The van der Waals surface area contributed by atoms with Crippen LogP contribution in [0.3, 0.4) is 0 Å². The average Bonchev–Trinajstić information content (AvgIpc) is 2.76. The summed E-state index contributed by atoms with van der Waals surface area (Å²) in [5, 5.41) is -0.348. The lowest BCUT2D eigenvalue weighted by molar-refractivity contribution is -0.135. The maximum atomic E-state index is 11.7. The van der Waals surface area contributed by atoms with Crippen molar-refractivity contribution in [1.82, 2.24) is 4.90 Å². The van der Waals surface area contributed by atoms with Crippen molar-refractivity contribution in [2.45, 2.75) is 37.3 Å². The zero-order valence-electron chi connectivity index (χ0n) is 7.70. The minimum Gasteiger partial charge on any atom is -0.374 e. The second kappa shape index (κ2) is 3.46. The van der Waals surface area contributed by atoms with E-state index >= 15 is 0 Å². The van der Waals surface area contributed by atoms with Crippen molar-refractivity contribution >= 4 is 17.5 Å². The molecule has 0 aromatic heterocycles. The topological polar surface area (TPSA) is 29.5 Å². The molecule has 0 saturated carbocycles. The van der Waals surface area contributed by atoms with E-state index in [1.54, 1.807) is 0 Å². The molecule has 13 heavy (non-hydrogen) atoms. The lowest BCUT2D eigenvalue weighted by Gasteiger charge is -2.28. The number of fused-ring (bicyclic) bond motifs is 2. The van der Waals surface area contributed by atoms with Gasteiger partial charge in [0.05, 0.1) is 18.8 Å². The van der Waals surface area contributed by atoms with Gasteiger partial charge in [0, 0.05) is 6.54 Å². The van der Waals surface area contributed by atoms with Crippen LogP contribution in [0.15, 0.2) is 0 Å². The molecule has 3 nitrogen and oxygen atoms in total. The Labute approximate surface area is 83.0 Å². The predicted octanol–water partition coefficient (Wildman–Crippen LogP) is 1.00. The Balaban J connectivity index is 1.98. The van der Waals surface area contributed by atoms with E-state index in [2.05, 4.69) is 0 Å². The monoisotopic (exact) mass is 203 g/mol. The molecule has 74 valence electrons. The molecule has 2 bridgehead atoms. The predicted molar refractivity (Wildman–Crippen MR) is 49.8 cm³/mol. The van der Waals surface area contributed by atoms with Gasteiger partial charge in [-0.3, -0.25) is 4.79 Å². The van der Waals surface area contributed by atoms with Crippen LogP contribution in [0.25, 0.3) is 0 Å². The van der Waals surface area contributed by atoms with E-state index in [1.165, 1.54) is 0 Å². The molecule has 3 unspecified atom stereocenters. The second-order valence-corrected chi connectivity index (χ2v) is 4.24. The SMILES string of the molecule is CCC(Cl)C(=O)N1CC2CC1CO2. The van der Waals surface area contributed by atoms with Gasteiger partial charge in [0.15, 0.2) is 0 Å². The van der Waals surface area contributed by atoms with Crippen molar-refractivity contribution in [3.8, 4) is 0 Å². The van der Waals surface area contributed by atoms with E-state index in [1.807, 2.05) is 11.8 Å². The van der Waals surface area contributed by atoms with Crippen LogP contribution in [0.4, 0.5) is 0 Å². The van der Waals surface area contributed by atoms with Gasteiger partial charge in [-0.05, 0) is 12.8 Å². The van der Waals surface area contributed by atoms with Crippen LogP contribution in [0.5, 0.6) is 0 Å². The Morgan fingerprint density at radius 3 is 3.00 bits per heavy atom. The maximum Gasteiger partial charge on any atom is 0.241 e. The van der Waals surface area contributed by atoms with Crippen LogP contribution < -0.4 is 0 Å². The molecule has 2 rings (SSSR count). The summed E-state index contributed by atoms with van der Waals surface area (Å²) < 4.78 is 5.41. The normalized spacial score (nSPS) is 33.8. The molecule has 2 saturated heterocycles. The highest BCUT2D eigenvalue weighted by atomic mass is 35.5. The highest BCUT2D eigenvalue weighted by Gasteiger charge is 2.42. The average molecular weight is 204 g/mol. The van der Waals surface area contributed by atoms with Crippen LogP contribution in [-0.4, -0.2) is 41.5 Å². The van der Waals surface area contributed by atoms with Gasteiger partial charge in [-0.1, -0.05) is 6.92 Å². The van der Waals surface area contributed by atoms with Gasteiger partial charge in [-0.25, -0.2) is 0 Å². The summed E-state index contributed by atoms with van der Waals surface area (Å²) in [4.78, 5) is 13.6. The summed E-state index contributed by atoms with van der Waals surface area (Å²) in [6.07, 6.45) is 1.98. The Bertz CT molecular complexity index is 222.